The summed E-state index contributed by atoms with van der Waals surface area (Å²) in [6.07, 6.45) is 0.0509. The van der Waals surface area contributed by atoms with E-state index in [2.05, 4.69) is 4.99 Å². The van der Waals surface area contributed by atoms with E-state index in [1.54, 1.807) is 0 Å². The average molecular weight is 253 g/mol. The molecule has 0 aliphatic carbocycles. The highest BCUT2D eigenvalue weighted by atomic mass is 31.2. The molecular formula is C7H16N3O5P. The van der Waals surface area contributed by atoms with Crippen molar-refractivity contribution < 1.29 is 24.3 Å². The highest BCUT2D eigenvalue weighted by Gasteiger charge is 2.15. The molecule has 0 aromatic carbocycles. The normalized spacial score (nSPS) is 14.8. The van der Waals surface area contributed by atoms with Crippen LogP contribution >= 0.6 is 7.60 Å². The molecule has 1 atom stereocenters. The number of hydrogen-bond donors (Lipinski definition) is 5. The number of carbonyl (C=O) groups is 1. The molecule has 0 radical (unpaired) electrons. The quantitative estimate of drug-likeness (QED) is 0.163. The molecule has 0 spiro atoms. The summed E-state index contributed by atoms with van der Waals surface area (Å²) in [5.74, 6) is -1.23. The molecule has 0 unspecified atom stereocenters. The molecule has 0 aliphatic heterocycles. The number of carboxylic acid groups (broad SMARTS) is 1. The molecule has 0 bridgehead atoms. The molecule has 0 aromatic heterocycles. The molecule has 0 heterocycles. The van der Waals surface area contributed by atoms with E-state index in [0.717, 1.165) is 0 Å². The van der Waals surface area contributed by atoms with Gasteiger partial charge in [0.15, 0.2) is 0 Å². The Bertz CT molecular complexity index is 313. The van der Waals surface area contributed by atoms with Gasteiger partial charge in [-0.05, 0) is 12.8 Å². The average Bonchev–Trinajstić information content (AvgIpc) is 2.08. The van der Waals surface area contributed by atoms with Crippen LogP contribution in [0.3, 0.4) is 0 Å². The Hall–Kier alpha value is -0.950. The van der Waals surface area contributed by atoms with Gasteiger partial charge in [-0.3, -0.25) is 14.4 Å². The Labute approximate surface area is 92.5 Å². The van der Waals surface area contributed by atoms with E-state index in [1.165, 1.54) is 0 Å². The fourth-order valence-corrected chi connectivity index (χ4v) is 1.44. The minimum absolute atomic E-state index is 0.141. The minimum atomic E-state index is -4.18. The Morgan fingerprint density at radius 1 is 1.44 bits per heavy atom. The first kappa shape index (κ1) is 15.0. The number of aliphatic carboxylic acids is 1. The maximum Gasteiger partial charge on any atom is 0.333 e. The molecule has 0 fully saturated rings. The fraction of sp³-hybridized carbons (Fsp3) is 0.714. The second-order valence-electron chi connectivity index (χ2n) is 3.28. The van der Waals surface area contributed by atoms with Crippen LogP contribution in [0.2, 0.25) is 0 Å². The minimum Gasteiger partial charge on any atom is -0.480 e. The lowest BCUT2D eigenvalue weighted by molar-refractivity contribution is -0.138. The molecule has 0 aliphatic rings. The second-order valence-corrected chi connectivity index (χ2v) is 4.93. The van der Waals surface area contributed by atoms with E-state index >= 15 is 0 Å². The lowest BCUT2D eigenvalue weighted by Gasteiger charge is -2.05. The lowest BCUT2D eigenvalue weighted by Crippen LogP contribution is -2.30. The maximum atomic E-state index is 10.5. The van der Waals surface area contributed by atoms with Crippen LogP contribution in [0.5, 0.6) is 0 Å². The van der Waals surface area contributed by atoms with Crippen LogP contribution < -0.4 is 11.5 Å². The second kappa shape index (κ2) is 6.59. The third-order valence-electron chi connectivity index (χ3n) is 1.67. The van der Waals surface area contributed by atoms with Crippen molar-refractivity contribution in [1.29, 1.82) is 0 Å². The van der Waals surface area contributed by atoms with Crippen LogP contribution in [0.4, 0.5) is 0 Å². The van der Waals surface area contributed by atoms with Gasteiger partial charge in [-0.25, -0.2) is 0 Å². The molecule has 0 saturated carbocycles. The number of rotatable bonds is 7. The van der Waals surface area contributed by atoms with Gasteiger partial charge in [0.25, 0.3) is 0 Å². The zero-order chi connectivity index (χ0) is 12.8. The zero-order valence-corrected chi connectivity index (χ0v) is 9.51. The largest absolute Gasteiger partial charge is 0.480 e. The predicted molar refractivity (Wildman–Crippen MR) is 58.2 cm³/mol. The number of nitrogens with two attached hydrogens (primary N) is 2. The van der Waals surface area contributed by atoms with Crippen molar-refractivity contribution in [3.05, 3.63) is 0 Å². The number of hydrogen-bond acceptors (Lipinski definition) is 4. The zero-order valence-electron chi connectivity index (χ0n) is 8.61. The van der Waals surface area contributed by atoms with E-state index < -0.39 is 25.8 Å². The third-order valence-corrected chi connectivity index (χ3v) is 2.41. The fourth-order valence-electron chi connectivity index (χ4n) is 0.918. The molecule has 0 saturated heterocycles. The topological polar surface area (TPSA) is 159 Å². The summed E-state index contributed by atoms with van der Waals surface area (Å²) in [6.45, 7) is 0.201. The van der Waals surface area contributed by atoms with Crippen molar-refractivity contribution in [2.45, 2.75) is 18.9 Å². The molecule has 0 rings (SSSR count). The summed E-state index contributed by atoms with van der Waals surface area (Å²) in [5.41, 5.74) is 10.5. The van der Waals surface area contributed by atoms with Gasteiger partial charge in [-0.15, -0.1) is 0 Å². The van der Waals surface area contributed by atoms with Crippen LogP contribution in [0.15, 0.2) is 4.99 Å². The van der Waals surface area contributed by atoms with Crippen LogP contribution in [-0.2, 0) is 9.36 Å². The Morgan fingerprint density at radius 3 is 2.44 bits per heavy atom. The van der Waals surface area contributed by atoms with Gasteiger partial charge in [0, 0.05) is 6.54 Å². The number of carboxylic acids is 1. The Balaban J connectivity index is 3.84. The molecule has 9 heteroatoms. The Morgan fingerprint density at radius 2 is 2.00 bits per heavy atom. The monoisotopic (exact) mass is 253 g/mol. The molecule has 0 amide bonds. The van der Waals surface area contributed by atoms with E-state index in [-0.39, 0.29) is 18.8 Å². The predicted octanol–water partition coefficient (Wildman–Crippen LogP) is -1.29. The molecule has 94 valence electrons. The smallest absolute Gasteiger partial charge is 0.333 e. The number of nitrogens with zero attached hydrogens (tertiary/aromatic N) is 1. The van der Waals surface area contributed by atoms with Gasteiger partial charge in [0.1, 0.15) is 18.0 Å². The van der Waals surface area contributed by atoms with Gasteiger partial charge in [0.05, 0.1) is 0 Å². The molecule has 8 nitrogen and oxygen atoms in total. The lowest BCUT2D eigenvalue weighted by atomic mass is 10.2. The van der Waals surface area contributed by atoms with E-state index in [1.807, 2.05) is 0 Å². The first-order valence-corrected chi connectivity index (χ1v) is 6.34. The SMILES string of the molecule is NC(CP(=O)(O)O)=NCCC[C@H](N)C(=O)O. The summed E-state index contributed by atoms with van der Waals surface area (Å²) < 4.78 is 10.5. The standard InChI is InChI=1S/C7H16N3O5P/c8-5(7(11)12)2-1-3-10-6(9)4-16(13,14)15/h5H,1-4,8H2,(H2,9,10)(H,11,12)(H2,13,14,15)/t5-/m0/s1. The van der Waals surface area contributed by atoms with Crippen molar-refractivity contribution in [2.24, 2.45) is 16.5 Å². The van der Waals surface area contributed by atoms with Crippen molar-refractivity contribution in [2.75, 3.05) is 12.7 Å². The number of aliphatic imine (C=N–C) groups is 1. The van der Waals surface area contributed by atoms with Crippen molar-refractivity contribution >= 4 is 19.4 Å². The molecule has 0 aromatic rings. The van der Waals surface area contributed by atoms with Crippen LogP contribution in [0, 0.1) is 0 Å². The first-order chi connectivity index (χ1) is 7.22. The molecule has 7 N–H and O–H groups in total. The van der Waals surface area contributed by atoms with Crippen molar-refractivity contribution in [3.63, 3.8) is 0 Å². The number of amidine groups is 1. The van der Waals surface area contributed by atoms with E-state index in [4.69, 9.17) is 26.4 Å². The van der Waals surface area contributed by atoms with Gasteiger partial charge in [0.2, 0.25) is 0 Å². The van der Waals surface area contributed by atoms with Crippen molar-refractivity contribution in [3.8, 4) is 0 Å². The molecule has 16 heavy (non-hydrogen) atoms. The summed E-state index contributed by atoms with van der Waals surface area (Å²) in [7, 11) is -4.18. The van der Waals surface area contributed by atoms with Crippen LogP contribution in [-0.4, -0.2) is 45.4 Å². The maximum absolute atomic E-state index is 10.5. The summed E-state index contributed by atoms with van der Waals surface area (Å²) in [6, 6.07) is -0.946. The van der Waals surface area contributed by atoms with E-state index in [9.17, 15) is 9.36 Å². The van der Waals surface area contributed by atoms with E-state index in [0.29, 0.717) is 6.42 Å². The third kappa shape index (κ3) is 8.37. The highest BCUT2D eigenvalue weighted by Crippen LogP contribution is 2.33. The first-order valence-electron chi connectivity index (χ1n) is 4.54. The Kier molecular flexibility index (Phi) is 6.20. The van der Waals surface area contributed by atoms with Gasteiger partial charge >= 0.3 is 13.6 Å². The van der Waals surface area contributed by atoms with Gasteiger partial charge in [-0.2, -0.15) is 0 Å². The van der Waals surface area contributed by atoms with Crippen LogP contribution in [0.25, 0.3) is 0 Å². The summed E-state index contributed by atoms with van der Waals surface area (Å²) >= 11 is 0. The molecular weight excluding hydrogens is 237 g/mol. The van der Waals surface area contributed by atoms with Crippen molar-refractivity contribution in [1.82, 2.24) is 0 Å². The highest BCUT2D eigenvalue weighted by molar-refractivity contribution is 7.52. The van der Waals surface area contributed by atoms with Crippen LogP contribution in [0.1, 0.15) is 12.8 Å². The summed E-state index contributed by atoms with van der Waals surface area (Å²) in [5, 5.41) is 8.45. The van der Waals surface area contributed by atoms with Gasteiger partial charge < -0.3 is 26.4 Å². The summed E-state index contributed by atoms with van der Waals surface area (Å²) in [4.78, 5) is 31.1. The van der Waals surface area contributed by atoms with Gasteiger partial charge in [-0.1, -0.05) is 0 Å².